The fourth-order valence-electron chi connectivity index (χ4n) is 2.83. The molecule has 0 aromatic carbocycles. The lowest BCUT2D eigenvalue weighted by Crippen LogP contribution is -2.18. The molecule has 0 saturated carbocycles. The minimum Gasteiger partial charge on any atom is -0.478 e. The Balaban J connectivity index is 1.88. The van der Waals surface area contributed by atoms with Gasteiger partial charge in [-0.25, -0.2) is 4.79 Å². The van der Waals surface area contributed by atoms with Crippen molar-refractivity contribution in [2.24, 2.45) is 5.92 Å². The van der Waals surface area contributed by atoms with Crippen LogP contribution in [-0.4, -0.2) is 38.9 Å². The Morgan fingerprint density at radius 2 is 2.23 bits per heavy atom. The van der Waals surface area contributed by atoms with Gasteiger partial charge < -0.3 is 15.7 Å². The van der Waals surface area contributed by atoms with Gasteiger partial charge in [0, 0.05) is 12.7 Å². The van der Waals surface area contributed by atoms with E-state index in [0.29, 0.717) is 17.6 Å². The molecular formula is C15H19N5O2. The van der Waals surface area contributed by atoms with Gasteiger partial charge in [-0.15, -0.1) is 0 Å². The molecule has 2 atom stereocenters. The average molecular weight is 301 g/mol. The SMILES string of the molecule is Cc1c(Nc2cnccc2C(=O)O)cnn1[C@@H]1CNC[C@@H]1C. The molecule has 7 heteroatoms. The molecule has 1 saturated heterocycles. The van der Waals surface area contributed by atoms with E-state index in [-0.39, 0.29) is 5.56 Å². The van der Waals surface area contributed by atoms with E-state index in [1.165, 1.54) is 18.5 Å². The number of carboxylic acid groups (broad SMARTS) is 1. The van der Waals surface area contributed by atoms with Crippen LogP contribution in [0.5, 0.6) is 0 Å². The highest BCUT2D eigenvalue weighted by molar-refractivity contribution is 5.94. The van der Waals surface area contributed by atoms with E-state index in [4.69, 9.17) is 0 Å². The van der Waals surface area contributed by atoms with Gasteiger partial charge in [-0.3, -0.25) is 9.67 Å². The third kappa shape index (κ3) is 2.55. The van der Waals surface area contributed by atoms with E-state index in [1.807, 2.05) is 11.6 Å². The fourth-order valence-corrected chi connectivity index (χ4v) is 2.83. The normalized spacial score (nSPS) is 21.0. The maximum absolute atomic E-state index is 11.3. The molecule has 0 spiro atoms. The van der Waals surface area contributed by atoms with Crippen LogP contribution in [0.4, 0.5) is 11.4 Å². The summed E-state index contributed by atoms with van der Waals surface area (Å²) >= 11 is 0. The minimum absolute atomic E-state index is 0.193. The van der Waals surface area contributed by atoms with Crippen molar-refractivity contribution < 1.29 is 9.90 Å². The summed E-state index contributed by atoms with van der Waals surface area (Å²) in [5.41, 5.74) is 2.45. The number of carbonyl (C=O) groups is 1. The van der Waals surface area contributed by atoms with Gasteiger partial charge in [0.25, 0.3) is 0 Å². The fraction of sp³-hybridized carbons (Fsp3) is 0.400. The van der Waals surface area contributed by atoms with Crippen molar-refractivity contribution in [1.29, 1.82) is 0 Å². The van der Waals surface area contributed by atoms with Crippen LogP contribution < -0.4 is 10.6 Å². The first kappa shape index (κ1) is 14.5. The van der Waals surface area contributed by atoms with Crippen LogP contribution in [0.1, 0.15) is 29.0 Å². The third-order valence-electron chi connectivity index (χ3n) is 4.16. The zero-order chi connectivity index (χ0) is 15.7. The van der Waals surface area contributed by atoms with E-state index in [0.717, 1.165) is 24.5 Å². The summed E-state index contributed by atoms with van der Waals surface area (Å²) in [6, 6.07) is 1.80. The van der Waals surface area contributed by atoms with Gasteiger partial charge in [-0.1, -0.05) is 6.92 Å². The van der Waals surface area contributed by atoms with Crippen LogP contribution in [-0.2, 0) is 0 Å². The molecule has 0 aliphatic carbocycles. The van der Waals surface area contributed by atoms with Crippen LogP contribution in [0.2, 0.25) is 0 Å². The average Bonchev–Trinajstić information content (AvgIpc) is 3.06. The Labute approximate surface area is 128 Å². The first-order valence-electron chi connectivity index (χ1n) is 7.27. The van der Waals surface area contributed by atoms with Crippen molar-refractivity contribution >= 4 is 17.3 Å². The Kier molecular flexibility index (Phi) is 3.81. The molecule has 0 unspecified atom stereocenters. The summed E-state index contributed by atoms with van der Waals surface area (Å²) in [6.45, 7) is 6.06. The Morgan fingerprint density at radius 1 is 1.41 bits per heavy atom. The van der Waals surface area contributed by atoms with Crippen molar-refractivity contribution in [3.63, 3.8) is 0 Å². The number of hydrogen-bond donors (Lipinski definition) is 3. The molecule has 1 aliphatic heterocycles. The second-order valence-corrected chi connectivity index (χ2v) is 5.64. The van der Waals surface area contributed by atoms with Gasteiger partial charge in [0.1, 0.15) is 0 Å². The number of rotatable bonds is 4. The number of anilines is 2. The Hall–Kier alpha value is -2.41. The highest BCUT2D eigenvalue weighted by Crippen LogP contribution is 2.28. The highest BCUT2D eigenvalue weighted by Gasteiger charge is 2.27. The highest BCUT2D eigenvalue weighted by atomic mass is 16.4. The van der Waals surface area contributed by atoms with Crippen molar-refractivity contribution in [1.82, 2.24) is 20.1 Å². The number of hydrogen-bond acceptors (Lipinski definition) is 5. The molecule has 22 heavy (non-hydrogen) atoms. The molecule has 1 aliphatic rings. The van der Waals surface area contributed by atoms with Crippen molar-refractivity contribution in [2.75, 3.05) is 18.4 Å². The number of nitrogens with zero attached hydrogens (tertiary/aromatic N) is 3. The minimum atomic E-state index is -0.983. The van der Waals surface area contributed by atoms with Crippen molar-refractivity contribution in [3.05, 3.63) is 35.9 Å². The summed E-state index contributed by atoms with van der Waals surface area (Å²) in [7, 11) is 0. The molecule has 7 nitrogen and oxygen atoms in total. The molecule has 2 aromatic rings. The third-order valence-corrected chi connectivity index (χ3v) is 4.16. The van der Waals surface area contributed by atoms with E-state index in [9.17, 15) is 9.90 Å². The topological polar surface area (TPSA) is 92.1 Å². The first-order chi connectivity index (χ1) is 10.6. The molecular weight excluding hydrogens is 282 g/mol. The largest absolute Gasteiger partial charge is 0.478 e. The first-order valence-corrected chi connectivity index (χ1v) is 7.27. The predicted octanol–water partition coefficient (Wildman–Crippen LogP) is 1.81. The number of pyridine rings is 1. The van der Waals surface area contributed by atoms with Crippen LogP contribution in [0, 0.1) is 12.8 Å². The van der Waals surface area contributed by atoms with E-state index in [1.54, 1.807) is 6.20 Å². The maximum Gasteiger partial charge on any atom is 0.337 e. The lowest BCUT2D eigenvalue weighted by atomic mass is 10.1. The van der Waals surface area contributed by atoms with E-state index < -0.39 is 5.97 Å². The molecule has 1 fully saturated rings. The number of carboxylic acids is 1. The molecule has 3 heterocycles. The standard InChI is InChI=1S/C15H19N5O2/c1-9-5-17-8-14(9)20-10(2)12(7-18-20)19-13-6-16-4-3-11(13)15(21)22/h3-4,6-7,9,14,17,19H,5,8H2,1-2H3,(H,21,22)/t9-,14+/m0/s1. The number of nitrogens with one attached hydrogen (secondary N) is 2. The predicted molar refractivity (Wildman–Crippen MR) is 82.5 cm³/mol. The van der Waals surface area contributed by atoms with E-state index >= 15 is 0 Å². The molecule has 0 radical (unpaired) electrons. The zero-order valence-electron chi connectivity index (χ0n) is 12.6. The summed E-state index contributed by atoms with van der Waals surface area (Å²) in [4.78, 5) is 15.2. The van der Waals surface area contributed by atoms with Gasteiger partial charge in [0.15, 0.2) is 0 Å². The maximum atomic E-state index is 11.3. The molecule has 2 aromatic heterocycles. The molecule has 0 amide bonds. The van der Waals surface area contributed by atoms with Crippen LogP contribution >= 0.6 is 0 Å². The molecule has 116 valence electrons. The van der Waals surface area contributed by atoms with Gasteiger partial charge in [0.05, 0.1) is 41.1 Å². The van der Waals surface area contributed by atoms with E-state index in [2.05, 4.69) is 27.6 Å². The molecule has 3 N–H and O–H groups in total. The lowest BCUT2D eigenvalue weighted by molar-refractivity contribution is 0.0698. The quantitative estimate of drug-likeness (QED) is 0.797. The van der Waals surface area contributed by atoms with Gasteiger partial charge in [-0.05, 0) is 25.5 Å². The molecule has 0 bridgehead atoms. The lowest BCUT2D eigenvalue weighted by Gasteiger charge is -2.17. The van der Waals surface area contributed by atoms with Crippen molar-refractivity contribution in [3.8, 4) is 0 Å². The van der Waals surface area contributed by atoms with Gasteiger partial charge >= 0.3 is 5.97 Å². The summed E-state index contributed by atoms with van der Waals surface area (Å²) in [6.07, 6.45) is 4.72. The molecule has 3 rings (SSSR count). The summed E-state index contributed by atoms with van der Waals surface area (Å²) in [5, 5.41) is 20.2. The van der Waals surface area contributed by atoms with Crippen LogP contribution in [0.25, 0.3) is 0 Å². The van der Waals surface area contributed by atoms with Gasteiger partial charge in [0.2, 0.25) is 0 Å². The second-order valence-electron chi connectivity index (χ2n) is 5.64. The number of aromatic carboxylic acids is 1. The smallest absolute Gasteiger partial charge is 0.337 e. The second kappa shape index (κ2) is 5.76. The number of aromatic nitrogens is 3. The summed E-state index contributed by atoms with van der Waals surface area (Å²) in [5.74, 6) is -0.469. The van der Waals surface area contributed by atoms with Gasteiger partial charge in [-0.2, -0.15) is 5.10 Å². The van der Waals surface area contributed by atoms with Crippen LogP contribution in [0.15, 0.2) is 24.7 Å². The van der Waals surface area contributed by atoms with Crippen LogP contribution in [0.3, 0.4) is 0 Å². The summed E-state index contributed by atoms with van der Waals surface area (Å²) < 4.78 is 2.00. The zero-order valence-corrected chi connectivity index (χ0v) is 12.6. The Bertz CT molecular complexity index is 697. The Morgan fingerprint density at radius 3 is 2.91 bits per heavy atom. The monoisotopic (exact) mass is 301 g/mol. The van der Waals surface area contributed by atoms with Crippen molar-refractivity contribution in [2.45, 2.75) is 19.9 Å².